The van der Waals surface area contributed by atoms with E-state index in [1.54, 1.807) is 19.4 Å². The fourth-order valence-electron chi connectivity index (χ4n) is 5.13. The van der Waals surface area contributed by atoms with Crippen molar-refractivity contribution in [2.75, 3.05) is 20.2 Å². The quantitative estimate of drug-likeness (QED) is 0.244. The molecule has 2 heterocycles. The lowest BCUT2D eigenvalue weighted by Crippen LogP contribution is -2.56. The number of fused-ring (bicyclic) bond motifs is 1. The molecule has 37 heavy (non-hydrogen) atoms. The third-order valence-corrected chi connectivity index (χ3v) is 7.42. The number of primary amides is 1. The van der Waals surface area contributed by atoms with Crippen LogP contribution in [0.15, 0.2) is 47.9 Å². The van der Waals surface area contributed by atoms with Gasteiger partial charge >= 0.3 is 0 Å². The number of carbonyl (C=O) groups is 2. The molecular weight excluding hydrogens is 470 g/mol. The molecule has 0 spiro atoms. The molecule has 9 nitrogen and oxygen atoms in total. The number of aromatic amines is 1. The molecule has 198 valence electrons. The number of rotatable bonds is 13. The maximum Gasteiger partial charge on any atom is 0.255 e. The van der Waals surface area contributed by atoms with E-state index in [0.29, 0.717) is 11.8 Å². The van der Waals surface area contributed by atoms with Gasteiger partial charge in [-0.2, -0.15) is 0 Å². The number of benzene rings is 1. The number of nitrogens with zero attached hydrogens (tertiary/aromatic N) is 1. The van der Waals surface area contributed by atoms with Gasteiger partial charge in [-0.15, -0.1) is 6.58 Å². The highest BCUT2D eigenvalue weighted by Crippen LogP contribution is 2.44. The maximum atomic E-state index is 12.9. The number of H-pyrrole nitrogens is 1. The number of hydrazine groups is 1. The zero-order chi connectivity index (χ0) is 26.4. The Bertz CT molecular complexity index is 1240. The molecule has 5 N–H and O–H groups in total. The summed E-state index contributed by atoms with van der Waals surface area (Å²) in [5.74, 6) is 0.0106. The van der Waals surface area contributed by atoms with E-state index in [1.807, 2.05) is 29.3 Å². The first-order valence-electron chi connectivity index (χ1n) is 13.0. The summed E-state index contributed by atoms with van der Waals surface area (Å²) in [5.41, 5.74) is 8.75. The summed E-state index contributed by atoms with van der Waals surface area (Å²) < 4.78 is 5.50. The van der Waals surface area contributed by atoms with E-state index in [1.165, 1.54) is 0 Å². The highest BCUT2D eigenvalue weighted by atomic mass is 16.5. The van der Waals surface area contributed by atoms with Crippen LogP contribution < -0.4 is 26.8 Å². The van der Waals surface area contributed by atoms with E-state index in [4.69, 9.17) is 10.5 Å². The molecule has 0 unspecified atom stereocenters. The molecule has 1 aliphatic carbocycles. The number of unbranched alkanes of at least 4 members (excludes halogenated alkanes) is 3. The smallest absolute Gasteiger partial charge is 0.255 e. The number of ether oxygens (including phenoxy) is 1. The van der Waals surface area contributed by atoms with Crippen molar-refractivity contribution in [3.8, 4) is 5.75 Å². The van der Waals surface area contributed by atoms with Crippen LogP contribution in [0.2, 0.25) is 0 Å². The average molecular weight is 508 g/mol. The Labute approximate surface area is 217 Å². The molecule has 2 amide bonds. The van der Waals surface area contributed by atoms with E-state index in [-0.39, 0.29) is 23.4 Å². The van der Waals surface area contributed by atoms with Gasteiger partial charge in [-0.05, 0) is 62.1 Å². The molecular formula is C28H37N5O4. The number of amides is 2. The number of hydrogen-bond acceptors (Lipinski definition) is 6. The number of pyridine rings is 1. The van der Waals surface area contributed by atoms with Crippen LogP contribution in [0.3, 0.4) is 0 Å². The van der Waals surface area contributed by atoms with Gasteiger partial charge in [0.05, 0.1) is 7.11 Å². The number of carbonyl (C=O) groups excluding carboxylic acids is 2. The fourth-order valence-corrected chi connectivity index (χ4v) is 5.13. The van der Waals surface area contributed by atoms with Crippen LogP contribution in [0.5, 0.6) is 5.75 Å². The molecule has 2 aliphatic rings. The summed E-state index contributed by atoms with van der Waals surface area (Å²) in [5, 5.41) is 6.38. The van der Waals surface area contributed by atoms with Gasteiger partial charge in [0.15, 0.2) is 0 Å². The van der Waals surface area contributed by atoms with Gasteiger partial charge < -0.3 is 20.8 Å². The zero-order valence-corrected chi connectivity index (χ0v) is 21.4. The maximum absolute atomic E-state index is 12.9. The first-order valence-corrected chi connectivity index (χ1v) is 13.0. The standard InChI is InChI=1S/C28H37N5O4/c1-3-21-18-28(21,27(29)36)32-26(35)23-11-9-15-33(23)31-13-8-6-4-5-7-10-20-16-22-19(17-24(20)37-2)12-14-30-25(22)34/h3,7,10,12,14,16-17,21,23,31H,1,4-6,8-9,11,13,15,18H2,2H3,(H2,29,36)(H,30,34)(H,32,35)/b10-7+/t21-,23+,28-/m1/s1. The van der Waals surface area contributed by atoms with Gasteiger partial charge in [-0.25, -0.2) is 5.01 Å². The number of aromatic nitrogens is 1. The second-order valence-electron chi connectivity index (χ2n) is 9.87. The minimum atomic E-state index is -0.965. The summed E-state index contributed by atoms with van der Waals surface area (Å²) in [7, 11) is 1.63. The molecule has 9 heteroatoms. The Morgan fingerprint density at radius 1 is 1.32 bits per heavy atom. The molecule has 1 aromatic heterocycles. The third-order valence-electron chi connectivity index (χ3n) is 7.42. The van der Waals surface area contributed by atoms with Crippen molar-refractivity contribution in [3.05, 3.63) is 59.0 Å². The van der Waals surface area contributed by atoms with Crippen LogP contribution in [-0.4, -0.2) is 53.6 Å². The summed E-state index contributed by atoms with van der Waals surface area (Å²) in [6.07, 6.45) is 13.6. The summed E-state index contributed by atoms with van der Waals surface area (Å²) in [6.45, 7) is 5.31. The number of nitrogens with two attached hydrogens (primary N) is 1. The lowest BCUT2D eigenvalue weighted by atomic mass is 10.1. The summed E-state index contributed by atoms with van der Waals surface area (Å²) >= 11 is 0. The van der Waals surface area contributed by atoms with Gasteiger partial charge in [0.2, 0.25) is 11.8 Å². The second-order valence-corrected chi connectivity index (χ2v) is 9.87. The van der Waals surface area contributed by atoms with Crippen molar-refractivity contribution in [2.24, 2.45) is 11.7 Å². The SMILES string of the molecule is C=C[C@@H]1C[C@]1(NC(=O)[C@@H]1CCCN1NCCCCC/C=C/c1cc2c(=O)[nH]ccc2cc1OC)C(N)=O. The number of allylic oxidation sites excluding steroid dienone is 1. The van der Waals surface area contributed by atoms with Gasteiger partial charge in [0, 0.05) is 36.2 Å². The Hall–Kier alpha value is -3.43. The summed E-state index contributed by atoms with van der Waals surface area (Å²) in [4.78, 5) is 39.6. The Morgan fingerprint density at radius 3 is 2.89 bits per heavy atom. The highest BCUT2D eigenvalue weighted by molar-refractivity contribution is 5.95. The normalized spacial score (nSPS) is 23.4. The van der Waals surface area contributed by atoms with Crippen molar-refractivity contribution in [1.29, 1.82) is 0 Å². The number of nitrogens with one attached hydrogen (secondary N) is 3. The average Bonchev–Trinajstić information content (AvgIpc) is 3.41. The highest BCUT2D eigenvalue weighted by Gasteiger charge is 2.59. The minimum Gasteiger partial charge on any atom is -0.496 e. The predicted molar refractivity (Wildman–Crippen MR) is 145 cm³/mol. The fraction of sp³-hybridized carbons (Fsp3) is 0.464. The van der Waals surface area contributed by atoms with Crippen LogP contribution in [0.4, 0.5) is 0 Å². The van der Waals surface area contributed by atoms with E-state index >= 15 is 0 Å². The Morgan fingerprint density at radius 2 is 2.16 bits per heavy atom. The van der Waals surface area contributed by atoms with E-state index < -0.39 is 11.4 Å². The van der Waals surface area contributed by atoms with Crippen LogP contribution in [-0.2, 0) is 9.59 Å². The van der Waals surface area contributed by atoms with E-state index in [9.17, 15) is 14.4 Å². The van der Waals surface area contributed by atoms with Crippen LogP contribution >= 0.6 is 0 Å². The van der Waals surface area contributed by atoms with Gasteiger partial charge in [0.1, 0.15) is 17.3 Å². The first kappa shape index (κ1) is 26.6. The van der Waals surface area contributed by atoms with Crippen molar-refractivity contribution >= 4 is 28.7 Å². The molecule has 2 fully saturated rings. The van der Waals surface area contributed by atoms with Crippen LogP contribution in [0, 0.1) is 5.92 Å². The first-order chi connectivity index (χ1) is 17.9. The molecule has 3 atom stereocenters. The van der Waals surface area contributed by atoms with Crippen molar-refractivity contribution in [3.63, 3.8) is 0 Å². The van der Waals surface area contributed by atoms with Crippen molar-refractivity contribution < 1.29 is 14.3 Å². The lowest BCUT2D eigenvalue weighted by molar-refractivity contribution is -0.132. The van der Waals surface area contributed by atoms with Gasteiger partial charge in [-0.1, -0.05) is 24.6 Å². The second kappa shape index (κ2) is 11.7. The molecule has 2 aromatic rings. The number of methoxy groups -OCH3 is 1. The topological polar surface area (TPSA) is 130 Å². The van der Waals surface area contributed by atoms with Crippen molar-refractivity contribution in [2.45, 2.75) is 56.5 Å². The van der Waals surface area contributed by atoms with Gasteiger partial charge in [-0.3, -0.25) is 19.8 Å². The molecule has 1 aromatic carbocycles. The monoisotopic (exact) mass is 507 g/mol. The van der Waals surface area contributed by atoms with Crippen LogP contribution in [0.1, 0.15) is 50.5 Å². The van der Waals surface area contributed by atoms with E-state index in [2.05, 4.69) is 28.4 Å². The van der Waals surface area contributed by atoms with Crippen LogP contribution in [0.25, 0.3) is 16.8 Å². The van der Waals surface area contributed by atoms with Gasteiger partial charge in [0.25, 0.3) is 5.56 Å². The molecule has 1 aliphatic heterocycles. The third kappa shape index (κ3) is 5.94. The lowest BCUT2D eigenvalue weighted by Gasteiger charge is -2.26. The Balaban J connectivity index is 1.19. The molecule has 1 saturated heterocycles. The Kier molecular flexibility index (Phi) is 8.45. The predicted octanol–water partition coefficient (Wildman–Crippen LogP) is 2.63. The minimum absolute atomic E-state index is 0.0872. The number of hydrogen-bond donors (Lipinski definition) is 4. The summed E-state index contributed by atoms with van der Waals surface area (Å²) in [6, 6.07) is 5.31. The molecule has 0 bridgehead atoms. The molecule has 0 radical (unpaired) electrons. The molecule has 1 saturated carbocycles. The zero-order valence-electron chi connectivity index (χ0n) is 21.4. The van der Waals surface area contributed by atoms with E-state index in [0.717, 1.165) is 68.3 Å². The molecule has 4 rings (SSSR count). The largest absolute Gasteiger partial charge is 0.496 e. The van der Waals surface area contributed by atoms with Crippen molar-refractivity contribution in [1.82, 2.24) is 20.7 Å².